The maximum absolute atomic E-state index is 11.8. The Balaban J connectivity index is 1.72. The van der Waals surface area contributed by atoms with Crippen molar-refractivity contribution in [3.8, 4) is 11.4 Å². The highest BCUT2D eigenvalue weighted by molar-refractivity contribution is 7.08. The van der Waals surface area contributed by atoms with Crippen molar-refractivity contribution < 1.29 is 9.32 Å². The summed E-state index contributed by atoms with van der Waals surface area (Å²) in [5, 5.41) is 13.6. The van der Waals surface area contributed by atoms with Crippen molar-refractivity contribution in [2.75, 3.05) is 12.4 Å². The molecule has 1 aromatic carbocycles. The van der Waals surface area contributed by atoms with Crippen molar-refractivity contribution in [3.63, 3.8) is 0 Å². The first-order valence-corrected chi connectivity index (χ1v) is 7.62. The summed E-state index contributed by atoms with van der Waals surface area (Å²) in [4.78, 5) is 16.1. The smallest absolute Gasteiger partial charge is 0.253 e. The number of anilines is 1. The van der Waals surface area contributed by atoms with Crippen LogP contribution in [0.15, 0.2) is 45.6 Å². The Morgan fingerprint density at radius 1 is 1.32 bits per heavy atom. The summed E-state index contributed by atoms with van der Waals surface area (Å²) in [5.74, 6) is 0.887. The molecule has 7 heteroatoms. The van der Waals surface area contributed by atoms with Gasteiger partial charge in [-0.2, -0.15) is 16.3 Å². The molecule has 2 aromatic heterocycles. The van der Waals surface area contributed by atoms with Crippen LogP contribution in [0.2, 0.25) is 0 Å². The summed E-state index contributed by atoms with van der Waals surface area (Å²) >= 11 is 1.58. The summed E-state index contributed by atoms with van der Waals surface area (Å²) in [6, 6.07) is 9.20. The molecule has 22 heavy (non-hydrogen) atoms. The zero-order valence-electron chi connectivity index (χ0n) is 11.9. The van der Waals surface area contributed by atoms with Gasteiger partial charge in [-0.3, -0.25) is 4.79 Å². The van der Waals surface area contributed by atoms with Gasteiger partial charge in [0.15, 0.2) is 0 Å². The highest BCUT2D eigenvalue weighted by atomic mass is 32.1. The highest BCUT2D eigenvalue weighted by Gasteiger charge is 2.11. The van der Waals surface area contributed by atoms with Crippen LogP contribution < -0.4 is 10.6 Å². The molecule has 3 rings (SSSR count). The van der Waals surface area contributed by atoms with E-state index in [0.717, 1.165) is 11.3 Å². The van der Waals surface area contributed by atoms with Crippen molar-refractivity contribution in [1.29, 1.82) is 0 Å². The number of amides is 1. The van der Waals surface area contributed by atoms with E-state index in [1.165, 1.54) is 0 Å². The third-order valence-electron chi connectivity index (χ3n) is 3.08. The van der Waals surface area contributed by atoms with E-state index in [4.69, 9.17) is 4.52 Å². The normalized spacial score (nSPS) is 10.4. The molecule has 0 unspecified atom stereocenters. The van der Waals surface area contributed by atoms with Crippen molar-refractivity contribution in [2.45, 2.75) is 6.54 Å². The average molecular weight is 314 g/mol. The maximum Gasteiger partial charge on any atom is 0.253 e. The van der Waals surface area contributed by atoms with Crippen LogP contribution in [0.5, 0.6) is 0 Å². The molecule has 3 aromatic rings. The Hall–Kier alpha value is -2.67. The second-order valence-corrected chi connectivity index (χ2v) is 5.28. The number of thiophene rings is 1. The third-order valence-corrected chi connectivity index (χ3v) is 3.76. The average Bonchev–Trinajstić information content (AvgIpc) is 3.23. The van der Waals surface area contributed by atoms with Gasteiger partial charge in [0.05, 0.1) is 12.1 Å². The highest BCUT2D eigenvalue weighted by Crippen LogP contribution is 2.20. The summed E-state index contributed by atoms with van der Waals surface area (Å²) in [5.41, 5.74) is 2.23. The molecular formula is C15H14N4O2S. The summed E-state index contributed by atoms with van der Waals surface area (Å²) < 4.78 is 5.22. The largest absolute Gasteiger partial charge is 0.375 e. The summed E-state index contributed by atoms with van der Waals surface area (Å²) in [7, 11) is 1.60. The fourth-order valence-electron chi connectivity index (χ4n) is 1.98. The standard InChI is InChI=1S/C15H14N4O2S/c1-16-15(20)11-4-2-3-5-12(11)17-8-13-18-14(19-21-13)10-6-7-22-9-10/h2-7,9,17H,8H2,1H3,(H,16,20). The van der Waals surface area contributed by atoms with E-state index in [1.54, 1.807) is 24.5 Å². The van der Waals surface area contributed by atoms with Crippen molar-refractivity contribution in [3.05, 3.63) is 52.5 Å². The number of nitrogens with zero attached hydrogens (tertiary/aromatic N) is 2. The lowest BCUT2D eigenvalue weighted by Gasteiger charge is -2.08. The van der Waals surface area contributed by atoms with Crippen molar-refractivity contribution in [1.82, 2.24) is 15.5 Å². The second kappa shape index (κ2) is 6.40. The minimum absolute atomic E-state index is 0.146. The Morgan fingerprint density at radius 2 is 2.18 bits per heavy atom. The minimum Gasteiger partial charge on any atom is -0.375 e. The number of carbonyl (C=O) groups excluding carboxylic acids is 1. The van der Waals surface area contributed by atoms with Crippen molar-refractivity contribution in [2.24, 2.45) is 0 Å². The van der Waals surface area contributed by atoms with Gasteiger partial charge in [0.1, 0.15) is 0 Å². The van der Waals surface area contributed by atoms with E-state index in [-0.39, 0.29) is 5.91 Å². The van der Waals surface area contributed by atoms with E-state index in [2.05, 4.69) is 20.8 Å². The Kier molecular flexibility index (Phi) is 4.15. The zero-order valence-corrected chi connectivity index (χ0v) is 12.7. The number of benzene rings is 1. The molecule has 6 nitrogen and oxygen atoms in total. The molecule has 0 atom stereocenters. The van der Waals surface area contributed by atoms with Crippen LogP contribution in [-0.2, 0) is 6.54 Å². The van der Waals surface area contributed by atoms with Gasteiger partial charge in [-0.05, 0) is 23.6 Å². The number of carbonyl (C=O) groups is 1. The van der Waals surface area contributed by atoms with Gasteiger partial charge >= 0.3 is 0 Å². The topological polar surface area (TPSA) is 80.0 Å². The first-order chi connectivity index (χ1) is 10.8. The van der Waals surface area contributed by atoms with E-state index < -0.39 is 0 Å². The SMILES string of the molecule is CNC(=O)c1ccccc1NCc1nc(-c2ccsc2)no1. The molecule has 0 spiro atoms. The Morgan fingerprint density at radius 3 is 2.95 bits per heavy atom. The first kappa shape index (κ1) is 14.3. The molecule has 1 amide bonds. The van der Waals surface area contributed by atoms with Gasteiger partial charge in [-0.25, -0.2) is 0 Å². The van der Waals surface area contributed by atoms with Gasteiger partial charge in [-0.1, -0.05) is 17.3 Å². The number of aromatic nitrogens is 2. The van der Waals surface area contributed by atoms with E-state index in [1.807, 2.05) is 35.0 Å². The van der Waals surface area contributed by atoms with Crippen molar-refractivity contribution >= 4 is 22.9 Å². The monoisotopic (exact) mass is 314 g/mol. The lowest BCUT2D eigenvalue weighted by molar-refractivity contribution is 0.0964. The Labute approximate surface area is 131 Å². The fourth-order valence-corrected chi connectivity index (χ4v) is 2.61. The summed E-state index contributed by atoms with van der Waals surface area (Å²) in [6.45, 7) is 0.352. The van der Waals surface area contributed by atoms with Gasteiger partial charge in [0.25, 0.3) is 5.91 Å². The van der Waals surface area contributed by atoms with Crippen LogP contribution >= 0.6 is 11.3 Å². The molecule has 2 N–H and O–H groups in total. The third kappa shape index (κ3) is 2.99. The molecule has 0 saturated carbocycles. The number of hydrogen-bond acceptors (Lipinski definition) is 6. The molecule has 0 aliphatic heterocycles. The second-order valence-electron chi connectivity index (χ2n) is 4.50. The van der Waals surface area contributed by atoms with Crippen LogP contribution in [-0.4, -0.2) is 23.1 Å². The first-order valence-electron chi connectivity index (χ1n) is 6.68. The van der Waals surface area contributed by atoms with Crippen LogP contribution in [0.4, 0.5) is 5.69 Å². The molecule has 0 fully saturated rings. The lowest BCUT2D eigenvalue weighted by Crippen LogP contribution is -2.19. The van der Waals surface area contributed by atoms with Crippen LogP contribution in [0.3, 0.4) is 0 Å². The predicted octanol–water partition coefficient (Wildman–Crippen LogP) is 2.77. The van der Waals surface area contributed by atoms with Crippen LogP contribution in [0, 0.1) is 0 Å². The van der Waals surface area contributed by atoms with Gasteiger partial charge in [0, 0.05) is 23.7 Å². The molecule has 2 heterocycles. The molecule has 0 radical (unpaired) electrons. The van der Waals surface area contributed by atoms with E-state index in [9.17, 15) is 4.79 Å². The number of rotatable bonds is 5. The zero-order chi connectivity index (χ0) is 15.4. The molecule has 0 aliphatic carbocycles. The molecule has 0 bridgehead atoms. The molecular weight excluding hydrogens is 300 g/mol. The minimum atomic E-state index is -0.146. The number of nitrogens with one attached hydrogen (secondary N) is 2. The van der Waals surface area contributed by atoms with E-state index >= 15 is 0 Å². The van der Waals surface area contributed by atoms with Gasteiger partial charge in [-0.15, -0.1) is 0 Å². The van der Waals surface area contributed by atoms with Gasteiger partial charge in [0.2, 0.25) is 11.7 Å². The molecule has 0 aliphatic rings. The molecule has 0 saturated heterocycles. The predicted molar refractivity (Wildman–Crippen MR) is 84.8 cm³/mol. The molecule has 112 valence electrons. The number of para-hydroxylation sites is 1. The maximum atomic E-state index is 11.8. The van der Waals surface area contributed by atoms with Gasteiger partial charge < -0.3 is 15.2 Å². The fraction of sp³-hybridized carbons (Fsp3) is 0.133. The van der Waals surface area contributed by atoms with Crippen LogP contribution in [0.1, 0.15) is 16.2 Å². The summed E-state index contributed by atoms with van der Waals surface area (Å²) in [6.07, 6.45) is 0. The number of hydrogen-bond donors (Lipinski definition) is 2. The van der Waals surface area contributed by atoms with E-state index in [0.29, 0.717) is 23.8 Å². The quantitative estimate of drug-likeness (QED) is 0.757. The van der Waals surface area contributed by atoms with Crippen LogP contribution in [0.25, 0.3) is 11.4 Å². The lowest BCUT2D eigenvalue weighted by atomic mass is 10.1. The Bertz CT molecular complexity index is 767.